The van der Waals surface area contributed by atoms with Crippen LogP contribution in [0.15, 0.2) is 42.9 Å². The van der Waals surface area contributed by atoms with Gasteiger partial charge in [-0.15, -0.1) is 0 Å². The van der Waals surface area contributed by atoms with E-state index in [9.17, 15) is 9.90 Å². The SMILES string of the molecule is CC(CN)C[C@H]1C[C@]1(C(=O)O)c1cn(-c2ccccc2)cn1. The molecule has 0 bridgehead atoms. The largest absolute Gasteiger partial charge is 0.481 e. The van der Waals surface area contributed by atoms with E-state index < -0.39 is 11.4 Å². The van der Waals surface area contributed by atoms with Crippen molar-refractivity contribution in [3.05, 3.63) is 48.5 Å². The van der Waals surface area contributed by atoms with E-state index in [0.29, 0.717) is 24.6 Å². The van der Waals surface area contributed by atoms with Crippen molar-refractivity contribution in [3.8, 4) is 5.69 Å². The monoisotopic (exact) mass is 299 g/mol. The van der Waals surface area contributed by atoms with Crippen LogP contribution in [0, 0.1) is 11.8 Å². The summed E-state index contributed by atoms with van der Waals surface area (Å²) in [4.78, 5) is 16.2. The first-order valence-electron chi connectivity index (χ1n) is 7.61. The summed E-state index contributed by atoms with van der Waals surface area (Å²) in [6.45, 7) is 2.65. The smallest absolute Gasteiger partial charge is 0.316 e. The average Bonchev–Trinajstić information content (AvgIpc) is 3.04. The second-order valence-corrected chi connectivity index (χ2v) is 6.26. The number of benzene rings is 1. The Morgan fingerprint density at radius 3 is 2.86 bits per heavy atom. The van der Waals surface area contributed by atoms with Gasteiger partial charge in [-0.3, -0.25) is 4.79 Å². The van der Waals surface area contributed by atoms with Crippen LogP contribution in [-0.4, -0.2) is 27.2 Å². The molecule has 0 spiro atoms. The van der Waals surface area contributed by atoms with Crippen molar-refractivity contribution in [3.63, 3.8) is 0 Å². The van der Waals surface area contributed by atoms with Crippen LogP contribution in [-0.2, 0) is 10.2 Å². The third-order valence-corrected chi connectivity index (χ3v) is 4.67. The molecule has 0 saturated heterocycles. The van der Waals surface area contributed by atoms with Crippen LogP contribution in [0.2, 0.25) is 0 Å². The van der Waals surface area contributed by atoms with Crippen LogP contribution in [0.3, 0.4) is 0 Å². The van der Waals surface area contributed by atoms with Crippen molar-refractivity contribution in [1.82, 2.24) is 9.55 Å². The van der Waals surface area contributed by atoms with Crippen LogP contribution in [0.25, 0.3) is 5.69 Å². The summed E-state index contributed by atoms with van der Waals surface area (Å²) >= 11 is 0. The third-order valence-electron chi connectivity index (χ3n) is 4.67. The molecular formula is C17H21N3O2. The lowest BCUT2D eigenvalue weighted by Crippen LogP contribution is -2.24. The highest BCUT2D eigenvalue weighted by Crippen LogP contribution is 2.56. The van der Waals surface area contributed by atoms with E-state index >= 15 is 0 Å². The van der Waals surface area contributed by atoms with Crippen molar-refractivity contribution >= 4 is 5.97 Å². The summed E-state index contributed by atoms with van der Waals surface area (Å²) in [6.07, 6.45) is 5.02. The normalized spacial score (nSPS) is 24.9. The van der Waals surface area contributed by atoms with Gasteiger partial charge in [0.05, 0.1) is 12.0 Å². The summed E-state index contributed by atoms with van der Waals surface area (Å²) in [5.74, 6) is -0.315. The predicted molar refractivity (Wildman–Crippen MR) is 83.8 cm³/mol. The second-order valence-electron chi connectivity index (χ2n) is 6.26. The number of hydrogen-bond donors (Lipinski definition) is 2. The molecule has 3 N–H and O–H groups in total. The van der Waals surface area contributed by atoms with E-state index in [1.807, 2.05) is 41.1 Å². The molecule has 5 nitrogen and oxygen atoms in total. The van der Waals surface area contributed by atoms with E-state index in [1.54, 1.807) is 6.33 Å². The number of carbonyl (C=O) groups is 1. The highest BCUT2D eigenvalue weighted by atomic mass is 16.4. The second kappa shape index (κ2) is 5.57. The Morgan fingerprint density at radius 1 is 1.50 bits per heavy atom. The van der Waals surface area contributed by atoms with Gasteiger partial charge in [-0.2, -0.15) is 0 Å². The molecule has 1 heterocycles. The molecule has 2 aromatic rings. The number of imidazole rings is 1. The number of hydrogen-bond acceptors (Lipinski definition) is 3. The lowest BCUT2D eigenvalue weighted by Gasteiger charge is -2.12. The topological polar surface area (TPSA) is 81.1 Å². The number of aromatic nitrogens is 2. The van der Waals surface area contributed by atoms with Gasteiger partial charge in [0.25, 0.3) is 0 Å². The summed E-state index contributed by atoms with van der Waals surface area (Å²) in [5, 5.41) is 9.71. The zero-order chi connectivity index (χ0) is 15.7. The summed E-state index contributed by atoms with van der Waals surface area (Å²) in [5.41, 5.74) is 6.47. The molecule has 5 heteroatoms. The van der Waals surface area contributed by atoms with E-state index in [2.05, 4.69) is 11.9 Å². The van der Waals surface area contributed by atoms with Gasteiger partial charge in [-0.25, -0.2) is 4.98 Å². The van der Waals surface area contributed by atoms with Crippen molar-refractivity contribution in [2.45, 2.75) is 25.2 Å². The fourth-order valence-electron chi connectivity index (χ4n) is 3.18. The Morgan fingerprint density at radius 2 is 2.23 bits per heavy atom. The lowest BCUT2D eigenvalue weighted by atomic mass is 9.94. The van der Waals surface area contributed by atoms with E-state index in [0.717, 1.165) is 12.1 Å². The van der Waals surface area contributed by atoms with Crippen molar-refractivity contribution in [2.75, 3.05) is 6.54 Å². The number of carboxylic acids is 1. The average molecular weight is 299 g/mol. The predicted octanol–water partition coefficient (Wildman–Crippen LogP) is 2.20. The van der Waals surface area contributed by atoms with E-state index in [1.165, 1.54) is 0 Å². The molecule has 0 amide bonds. The fraction of sp³-hybridized carbons (Fsp3) is 0.412. The number of para-hydroxylation sites is 1. The zero-order valence-corrected chi connectivity index (χ0v) is 12.6. The summed E-state index contributed by atoms with van der Waals surface area (Å²) in [6, 6.07) is 9.79. The molecule has 0 aliphatic heterocycles. The van der Waals surface area contributed by atoms with Gasteiger partial charge in [0.2, 0.25) is 0 Å². The minimum absolute atomic E-state index is 0.127. The van der Waals surface area contributed by atoms with Gasteiger partial charge >= 0.3 is 5.97 Å². The Hall–Kier alpha value is -2.14. The molecule has 116 valence electrons. The van der Waals surface area contributed by atoms with Gasteiger partial charge in [0.15, 0.2) is 0 Å². The molecule has 1 aromatic heterocycles. The number of aliphatic carboxylic acids is 1. The number of carboxylic acid groups (broad SMARTS) is 1. The zero-order valence-electron chi connectivity index (χ0n) is 12.6. The maximum atomic E-state index is 11.8. The van der Waals surface area contributed by atoms with Crippen molar-refractivity contribution < 1.29 is 9.90 Å². The first-order valence-corrected chi connectivity index (χ1v) is 7.61. The molecule has 1 saturated carbocycles. The molecule has 3 atom stereocenters. The van der Waals surface area contributed by atoms with E-state index in [-0.39, 0.29) is 5.92 Å². The van der Waals surface area contributed by atoms with Crippen molar-refractivity contribution in [1.29, 1.82) is 0 Å². The highest BCUT2D eigenvalue weighted by molar-refractivity contribution is 5.85. The van der Waals surface area contributed by atoms with E-state index in [4.69, 9.17) is 5.73 Å². The number of nitrogens with zero attached hydrogens (tertiary/aromatic N) is 2. The molecule has 1 fully saturated rings. The molecule has 1 unspecified atom stereocenters. The molecule has 1 aliphatic rings. The van der Waals surface area contributed by atoms with Crippen LogP contribution < -0.4 is 5.73 Å². The van der Waals surface area contributed by atoms with Crippen LogP contribution >= 0.6 is 0 Å². The quantitative estimate of drug-likeness (QED) is 0.857. The standard InChI is InChI=1S/C17H21N3O2/c1-12(9-18)7-13-8-17(13,16(21)22)15-10-20(11-19-15)14-5-3-2-4-6-14/h2-6,10-13H,7-9,18H2,1H3,(H,21,22)/t12?,13-,17+/m0/s1. The first-order chi connectivity index (χ1) is 10.6. The van der Waals surface area contributed by atoms with Crippen LogP contribution in [0.4, 0.5) is 0 Å². The third kappa shape index (κ3) is 2.41. The summed E-state index contributed by atoms with van der Waals surface area (Å²) in [7, 11) is 0. The van der Waals surface area contributed by atoms with Crippen LogP contribution in [0.1, 0.15) is 25.5 Å². The molecule has 1 aliphatic carbocycles. The first kappa shape index (κ1) is 14.8. The van der Waals surface area contributed by atoms with Gasteiger partial charge in [0, 0.05) is 11.9 Å². The molecular weight excluding hydrogens is 278 g/mol. The Kier molecular flexibility index (Phi) is 3.74. The molecule has 0 radical (unpaired) electrons. The summed E-state index contributed by atoms with van der Waals surface area (Å²) < 4.78 is 1.88. The minimum Gasteiger partial charge on any atom is -0.481 e. The van der Waals surface area contributed by atoms with Gasteiger partial charge in [-0.1, -0.05) is 25.1 Å². The Balaban J connectivity index is 1.86. The molecule has 3 rings (SSSR count). The van der Waals surface area contributed by atoms with Crippen LogP contribution in [0.5, 0.6) is 0 Å². The Bertz CT molecular complexity index is 668. The Labute approximate surface area is 129 Å². The number of nitrogens with two attached hydrogens (primary N) is 1. The minimum atomic E-state index is -0.830. The van der Waals surface area contributed by atoms with Gasteiger partial charge in [0.1, 0.15) is 5.41 Å². The fourth-order valence-corrected chi connectivity index (χ4v) is 3.18. The number of rotatable bonds is 6. The maximum absolute atomic E-state index is 11.8. The van der Waals surface area contributed by atoms with Crippen molar-refractivity contribution in [2.24, 2.45) is 17.6 Å². The van der Waals surface area contributed by atoms with Gasteiger partial charge < -0.3 is 15.4 Å². The molecule has 1 aromatic carbocycles. The highest BCUT2D eigenvalue weighted by Gasteiger charge is 2.62. The molecule has 22 heavy (non-hydrogen) atoms. The van der Waals surface area contributed by atoms with Gasteiger partial charge in [-0.05, 0) is 43.4 Å². The lowest BCUT2D eigenvalue weighted by molar-refractivity contribution is -0.140. The maximum Gasteiger partial charge on any atom is 0.316 e.